The van der Waals surface area contributed by atoms with Crippen molar-refractivity contribution in [1.29, 1.82) is 0 Å². The Morgan fingerprint density at radius 2 is 2.18 bits per heavy atom. The van der Waals surface area contributed by atoms with E-state index in [9.17, 15) is 13.6 Å². The summed E-state index contributed by atoms with van der Waals surface area (Å²) < 4.78 is 38.6. The fourth-order valence-corrected chi connectivity index (χ4v) is 1.83. The number of carbonyl (C=O) groups excluding carboxylic acids is 1. The fourth-order valence-electron chi connectivity index (χ4n) is 1.34. The molecule has 1 aromatic carbocycles. The number of methoxy groups -OCH3 is 1. The molecule has 8 heteroatoms. The maximum Gasteiger partial charge on any atom is 0.586 e. The molecule has 0 aromatic heterocycles. The van der Waals surface area contributed by atoms with Crippen molar-refractivity contribution in [2.75, 3.05) is 12.8 Å². The molecule has 1 aromatic rings. The number of nitrogens with two attached hydrogens (primary N) is 1. The highest BCUT2D eigenvalue weighted by Gasteiger charge is 2.45. The zero-order valence-corrected chi connectivity index (χ0v) is 10.0. The number of esters is 1. The van der Waals surface area contributed by atoms with Crippen molar-refractivity contribution in [3.05, 3.63) is 16.1 Å². The highest BCUT2D eigenvalue weighted by atomic mass is 79.9. The normalized spacial score (nSPS) is 15.8. The van der Waals surface area contributed by atoms with Gasteiger partial charge in [0.1, 0.15) is 0 Å². The molecule has 1 aliphatic rings. The van der Waals surface area contributed by atoms with Crippen LogP contribution in [0.5, 0.6) is 11.5 Å². The van der Waals surface area contributed by atoms with Gasteiger partial charge in [0.05, 0.1) is 22.8 Å². The average molecular weight is 310 g/mol. The molecule has 92 valence electrons. The molecule has 5 nitrogen and oxygen atoms in total. The Kier molecular flexibility index (Phi) is 2.61. The number of anilines is 1. The van der Waals surface area contributed by atoms with Crippen molar-refractivity contribution in [1.82, 2.24) is 0 Å². The predicted octanol–water partition coefficient (Wildman–Crippen LogP) is 2.14. The van der Waals surface area contributed by atoms with Crippen molar-refractivity contribution in [2.24, 2.45) is 0 Å². The molecular weight excluding hydrogens is 304 g/mol. The van der Waals surface area contributed by atoms with Crippen molar-refractivity contribution < 1.29 is 27.8 Å². The van der Waals surface area contributed by atoms with Crippen LogP contribution in [0.15, 0.2) is 10.5 Å². The van der Waals surface area contributed by atoms with E-state index in [0.717, 1.165) is 13.2 Å². The molecule has 0 radical (unpaired) electrons. The summed E-state index contributed by atoms with van der Waals surface area (Å²) in [6.07, 6.45) is -3.77. The van der Waals surface area contributed by atoms with Crippen molar-refractivity contribution in [2.45, 2.75) is 6.29 Å². The predicted molar refractivity (Wildman–Crippen MR) is 56.1 cm³/mol. The molecule has 0 atom stereocenters. The van der Waals surface area contributed by atoms with Gasteiger partial charge in [0.25, 0.3) is 0 Å². The average Bonchev–Trinajstić information content (AvgIpc) is 2.57. The molecule has 1 heterocycles. The van der Waals surface area contributed by atoms with E-state index >= 15 is 0 Å². The van der Waals surface area contributed by atoms with E-state index in [-0.39, 0.29) is 27.2 Å². The molecule has 0 amide bonds. The minimum absolute atomic E-state index is 0.0209. The van der Waals surface area contributed by atoms with Crippen LogP contribution in [0, 0.1) is 0 Å². The first-order valence-electron chi connectivity index (χ1n) is 4.32. The molecule has 0 fully saturated rings. The minimum atomic E-state index is -3.77. The first-order chi connectivity index (χ1) is 7.85. The second kappa shape index (κ2) is 3.73. The highest BCUT2D eigenvalue weighted by Crippen LogP contribution is 2.49. The van der Waals surface area contributed by atoms with Gasteiger partial charge in [-0.2, -0.15) is 0 Å². The quantitative estimate of drug-likeness (QED) is 0.635. The summed E-state index contributed by atoms with van der Waals surface area (Å²) >= 11 is 2.96. The van der Waals surface area contributed by atoms with Gasteiger partial charge in [0.15, 0.2) is 11.5 Å². The monoisotopic (exact) mass is 309 g/mol. The summed E-state index contributed by atoms with van der Waals surface area (Å²) in [5.41, 5.74) is 5.45. The number of rotatable bonds is 1. The van der Waals surface area contributed by atoms with Gasteiger partial charge in [-0.3, -0.25) is 0 Å². The number of ether oxygens (including phenoxy) is 3. The smallest absolute Gasteiger partial charge is 0.465 e. The third-order valence-electron chi connectivity index (χ3n) is 2.08. The van der Waals surface area contributed by atoms with E-state index in [2.05, 4.69) is 30.1 Å². The molecule has 0 bridgehead atoms. The Morgan fingerprint density at radius 3 is 2.76 bits per heavy atom. The Morgan fingerprint density at radius 1 is 1.53 bits per heavy atom. The number of fused-ring (bicyclic) bond motifs is 1. The standard InChI is InChI=1S/C9H6BrF2NO4/c1-15-8(14)3-2-4-7(5(10)6(3)13)17-9(11,12)16-4/h2H,13H2,1H3. The summed E-state index contributed by atoms with van der Waals surface area (Å²) in [7, 11) is 1.15. The van der Waals surface area contributed by atoms with Gasteiger partial charge < -0.3 is 19.9 Å². The third-order valence-corrected chi connectivity index (χ3v) is 2.87. The molecule has 0 unspecified atom stereocenters. The molecule has 2 rings (SSSR count). The number of alkyl halides is 2. The van der Waals surface area contributed by atoms with Crippen LogP contribution in [0.4, 0.5) is 14.5 Å². The SMILES string of the molecule is COC(=O)c1cc2c(c(Br)c1N)OC(F)(F)O2. The summed E-state index contributed by atoms with van der Waals surface area (Å²) in [4.78, 5) is 11.3. The number of hydrogen-bond acceptors (Lipinski definition) is 5. The van der Waals surface area contributed by atoms with Gasteiger partial charge in [-0.25, -0.2) is 4.79 Å². The summed E-state index contributed by atoms with van der Waals surface area (Å²) in [5.74, 6) is -1.29. The topological polar surface area (TPSA) is 70.8 Å². The van der Waals surface area contributed by atoms with Gasteiger partial charge >= 0.3 is 12.3 Å². The lowest BCUT2D eigenvalue weighted by Gasteiger charge is -2.07. The Labute approximate surface area is 103 Å². The summed E-state index contributed by atoms with van der Waals surface area (Å²) in [5, 5.41) is 0. The van der Waals surface area contributed by atoms with E-state index < -0.39 is 12.3 Å². The first-order valence-corrected chi connectivity index (χ1v) is 5.11. The Hall–Kier alpha value is -1.57. The summed E-state index contributed by atoms with van der Waals surface area (Å²) in [6.45, 7) is 0. The molecular formula is C9H6BrF2NO4. The molecule has 0 aliphatic carbocycles. The maximum atomic E-state index is 12.8. The van der Waals surface area contributed by atoms with Crippen molar-refractivity contribution in [3.63, 3.8) is 0 Å². The van der Waals surface area contributed by atoms with Crippen LogP contribution in [0.1, 0.15) is 10.4 Å². The van der Waals surface area contributed by atoms with Crippen LogP contribution in [0.3, 0.4) is 0 Å². The zero-order chi connectivity index (χ0) is 12.8. The fraction of sp³-hybridized carbons (Fsp3) is 0.222. The number of halogens is 3. The molecule has 0 saturated heterocycles. The van der Waals surface area contributed by atoms with Gasteiger partial charge in [0, 0.05) is 6.07 Å². The summed E-state index contributed by atoms with van der Waals surface area (Å²) in [6, 6.07) is 1.04. The molecule has 0 spiro atoms. The van der Waals surface area contributed by atoms with Gasteiger partial charge in [-0.15, -0.1) is 8.78 Å². The van der Waals surface area contributed by atoms with E-state index in [1.165, 1.54) is 0 Å². The number of hydrogen-bond donors (Lipinski definition) is 1. The second-order valence-corrected chi connectivity index (χ2v) is 3.93. The van der Waals surface area contributed by atoms with E-state index in [4.69, 9.17) is 5.73 Å². The lowest BCUT2D eigenvalue weighted by atomic mass is 10.1. The van der Waals surface area contributed by atoms with Crippen LogP contribution < -0.4 is 15.2 Å². The number of nitrogen functional groups attached to an aromatic ring is 1. The van der Waals surface area contributed by atoms with Gasteiger partial charge in [0.2, 0.25) is 0 Å². The zero-order valence-electron chi connectivity index (χ0n) is 8.42. The first kappa shape index (κ1) is 11.9. The highest BCUT2D eigenvalue weighted by molar-refractivity contribution is 9.10. The van der Waals surface area contributed by atoms with Crippen LogP contribution in [0.25, 0.3) is 0 Å². The minimum Gasteiger partial charge on any atom is -0.465 e. The van der Waals surface area contributed by atoms with Crippen LogP contribution in [-0.4, -0.2) is 19.4 Å². The molecule has 2 N–H and O–H groups in total. The lowest BCUT2D eigenvalue weighted by molar-refractivity contribution is -0.286. The third kappa shape index (κ3) is 1.88. The van der Waals surface area contributed by atoms with Crippen LogP contribution in [-0.2, 0) is 4.74 Å². The Balaban J connectivity index is 2.57. The van der Waals surface area contributed by atoms with Crippen molar-refractivity contribution >= 4 is 27.6 Å². The molecule has 0 saturated carbocycles. The van der Waals surface area contributed by atoms with Crippen LogP contribution >= 0.6 is 15.9 Å². The van der Waals surface area contributed by atoms with E-state index in [0.29, 0.717) is 0 Å². The molecule has 17 heavy (non-hydrogen) atoms. The maximum absolute atomic E-state index is 12.8. The lowest BCUT2D eigenvalue weighted by Crippen LogP contribution is -2.26. The van der Waals surface area contributed by atoms with Crippen LogP contribution in [0.2, 0.25) is 0 Å². The second-order valence-electron chi connectivity index (χ2n) is 3.14. The van der Waals surface area contributed by atoms with E-state index in [1.54, 1.807) is 0 Å². The van der Waals surface area contributed by atoms with Gasteiger partial charge in [-0.05, 0) is 15.9 Å². The largest absolute Gasteiger partial charge is 0.586 e. The molecule has 1 aliphatic heterocycles. The number of carbonyl (C=O) groups is 1. The number of benzene rings is 1. The van der Waals surface area contributed by atoms with E-state index in [1.807, 2.05) is 0 Å². The van der Waals surface area contributed by atoms with Crippen molar-refractivity contribution in [3.8, 4) is 11.5 Å². The van der Waals surface area contributed by atoms with Gasteiger partial charge in [-0.1, -0.05) is 0 Å². The Bertz CT molecular complexity index is 506.